The fraction of sp³-hybridized carbons (Fsp3) is 0.263. The van der Waals surface area contributed by atoms with Gasteiger partial charge < -0.3 is 0 Å². The molecule has 0 saturated carbocycles. The normalized spacial score (nSPS) is 12.8. The smallest absolute Gasteiger partial charge is 0.00741 e. The van der Waals surface area contributed by atoms with Gasteiger partial charge in [0.05, 0.1) is 0 Å². The number of hydrogen-bond donors (Lipinski definition) is 0. The van der Waals surface area contributed by atoms with Gasteiger partial charge in [-0.15, -0.1) is 0 Å². The Bertz CT molecular complexity index is 628. The molecule has 0 aliphatic rings. The van der Waals surface area contributed by atoms with Crippen molar-refractivity contribution in [3.63, 3.8) is 0 Å². The third-order valence-electron chi connectivity index (χ3n) is 3.53. The number of rotatable bonds is 3. The molecule has 0 atom stereocenters. The van der Waals surface area contributed by atoms with Gasteiger partial charge in [-0.05, 0) is 47.2 Å². The minimum Gasteiger partial charge on any atom is -0.0871 e. The first-order valence-electron chi connectivity index (χ1n) is 7.00. The second-order valence-corrected chi connectivity index (χ2v) is 5.15. The first kappa shape index (κ1) is 13.6. The van der Waals surface area contributed by atoms with Crippen molar-refractivity contribution in [3.05, 3.63) is 65.8 Å². The summed E-state index contributed by atoms with van der Waals surface area (Å²) in [5.41, 5.74) is 4.11. The highest BCUT2D eigenvalue weighted by molar-refractivity contribution is 5.97. The molecule has 0 heteroatoms. The topological polar surface area (TPSA) is 0 Å². The summed E-state index contributed by atoms with van der Waals surface area (Å²) in [6.45, 7) is 8.71. The quantitative estimate of drug-likeness (QED) is 0.591. The average molecular weight is 250 g/mol. The molecule has 0 heterocycles. The standard InChI is InChI=1S/C19H22/c1-5-9-15(6-2)19-17(14(3)4)13-12-16-10-7-8-11-18(16)19/h5-14H,1-4H3/b9-5-,15-6+. The van der Waals surface area contributed by atoms with E-state index < -0.39 is 0 Å². The van der Waals surface area contributed by atoms with E-state index in [4.69, 9.17) is 0 Å². The Kier molecular flexibility index (Phi) is 4.21. The van der Waals surface area contributed by atoms with E-state index in [0.29, 0.717) is 5.92 Å². The molecule has 98 valence electrons. The van der Waals surface area contributed by atoms with Gasteiger partial charge >= 0.3 is 0 Å². The summed E-state index contributed by atoms with van der Waals surface area (Å²) in [5, 5.41) is 2.66. The van der Waals surface area contributed by atoms with Gasteiger partial charge in [0.15, 0.2) is 0 Å². The maximum atomic E-state index is 2.27. The zero-order valence-corrected chi connectivity index (χ0v) is 12.3. The van der Waals surface area contributed by atoms with Gasteiger partial charge in [-0.1, -0.05) is 68.5 Å². The molecule has 0 radical (unpaired) electrons. The molecular weight excluding hydrogens is 228 g/mol. The van der Waals surface area contributed by atoms with Gasteiger partial charge in [0.1, 0.15) is 0 Å². The van der Waals surface area contributed by atoms with Gasteiger partial charge in [-0.2, -0.15) is 0 Å². The van der Waals surface area contributed by atoms with E-state index in [9.17, 15) is 0 Å². The molecule has 0 aliphatic heterocycles. The third-order valence-corrected chi connectivity index (χ3v) is 3.53. The van der Waals surface area contributed by atoms with Crippen LogP contribution >= 0.6 is 0 Å². The van der Waals surface area contributed by atoms with Crippen molar-refractivity contribution < 1.29 is 0 Å². The Hall–Kier alpha value is -1.82. The Balaban J connectivity index is 2.83. The summed E-state index contributed by atoms with van der Waals surface area (Å²) in [4.78, 5) is 0. The van der Waals surface area contributed by atoms with Crippen LogP contribution in [0.5, 0.6) is 0 Å². The summed E-state index contributed by atoms with van der Waals surface area (Å²) in [7, 11) is 0. The molecule has 2 aromatic rings. The predicted molar refractivity (Wildman–Crippen MR) is 86.5 cm³/mol. The Morgan fingerprint density at radius 1 is 1.00 bits per heavy atom. The zero-order valence-electron chi connectivity index (χ0n) is 12.3. The number of allylic oxidation sites excluding steroid dienone is 4. The Labute approximate surface area is 116 Å². The first-order chi connectivity index (χ1) is 9.19. The highest BCUT2D eigenvalue weighted by Crippen LogP contribution is 2.33. The molecule has 19 heavy (non-hydrogen) atoms. The van der Waals surface area contributed by atoms with E-state index in [0.717, 1.165) is 0 Å². The summed E-state index contributed by atoms with van der Waals surface area (Å²) >= 11 is 0. The molecule has 0 amide bonds. The van der Waals surface area contributed by atoms with E-state index in [1.54, 1.807) is 0 Å². The number of fused-ring (bicyclic) bond motifs is 1. The van der Waals surface area contributed by atoms with Crippen molar-refractivity contribution in [2.45, 2.75) is 33.6 Å². The summed E-state index contributed by atoms with van der Waals surface area (Å²) in [6, 6.07) is 13.1. The van der Waals surface area contributed by atoms with Crippen LogP contribution in [0.2, 0.25) is 0 Å². The first-order valence-corrected chi connectivity index (χ1v) is 7.00. The zero-order chi connectivity index (χ0) is 13.8. The molecule has 0 saturated heterocycles. The van der Waals surface area contributed by atoms with Crippen LogP contribution in [-0.2, 0) is 0 Å². The minimum atomic E-state index is 0.528. The van der Waals surface area contributed by atoms with E-state index in [1.807, 2.05) is 0 Å². The van der Waals surface area contributed by atoms with Crippen LogP contribution < -0.4 is 0 Å². The van der Waals surface area contributed by atoms with Crippen molar-refractivity contribution >= 4 is 16.3 Å². The summed E-state index contributed by atoms with van der Waals surface area (Å²) in [5.74, 6) is 0.528. The van der Waals surface area contributed by atoms with Crippen LogP contribution in [-0.4, -0.2) is 0 Å². The summed E-state index contributed by atoms with van der Waals surface area (Å²) in [6.07, 6.45) is 6.52. The monoisotopic (exact) mass is 250 g/mol. The van der Waals surface area contributed by atoms with Gasteiger partial charge in [-0.3, -0.25) is 0 Å². The lowest BCUT2D eigenvalue weighted by molar-refractivity contribution is 0.865. The van der Waals surface area contributed by atoms with E-state index in [1.165, 1.54) is 27.5 Å². The van der Waals surface area contributed by atoms with E-state index in [-0.39, 0.29) is 0 Å². The molecule has 0 aromatic heterocycles. The van der Waals surface area contributed by atoms with Gasteiger partial charge in [-0.25, -0.2) is 0 Å². The number of benzene rings is 2. The van der Waals surface area contributed by atoms with Crippen molar-refractivity contribution in [1.29, 1.82) is 0 Å². The van der Waals surface area contributed by atoms with E-state index in [2.05, 4.69) is 82.3 Å². The van der Waals surface area contributed by atoms with Gasteiger partial charge in [0.25, 0.3) is 0 Å². The van der Waals surface area contributed by atoms with Crippen molar-refractivity contribution in [1.82, 2.24) is 0 Å². The molecule has 0 fully saturated rings. The molecule has 0 N–H and O–H groups in total. The van der Waals surface area contributed by atoms with Crippen LogP contribution in [0.25, 0.3) is 16.3 Å². The second kappa shape index (κ2) is 5.88. The minimum absolute atomic E-state index is 0.528. The average Bonchev–Trinajstić information content (AvgIpc) is 2.43. The molecule has 2 rings (SSSR count). The maximum absolute atomic E-state index is 2.27. The molecule has 0 bridgehead atoms. The molecule has 0 unspecified atom stereocenters. The fourth-order valence-corrected chi connectivity index (χ4v) is 2.60. The SMILES string of the molecule is C/C=C\C(=C/C)c1c(C(C)C)ccc2ccccc12. The van der Waals surface area contributed by atoms with Gasteiger partial charge in [0.2, 0.25) is 0 Å². The highest BCUT2D eigenvalue weighted by Gasteiger charge is 2.12. The predicted octanol–water partition coefficient (Wildman–Crippen LogP) is 5.94. The Morgan fingerprint density at radius 3 is 2.37 bits per heavy atom. The largest absolute Gasteiger partial charge is 0.0871 e. The third kappa shape index (κ3) is 2.63. The van der Waals surface area contributed by atoms with Crippen molar-refractivity contribution in [3.8, 4) is 0 Å². The van der Waals surface area contributed by atoms with Crippen LogP contribution in [0, 0.1) is 0 Å². The van der Waals surface area contributed by atoms with Crippen molar-refractivity contribution in [2.75, 3.05) is 0 Å². The number of hydrogen-bond acceptors (Lipinski definition) is 0. The van der Waals surface area contributed by atoms with Gasteiger partial charge in [0, 0.05) is 0 Å². The molecule has 0 spiro atoms. The molecular formula is C19H22. The molecule has 0 aliphatic carbocycles. The van der Waals surface area contributed by atoms with Crippen molar-refractivity contribution in [2.24, 2.45) is 0 Å². The van der Waals surface area contributed by atoms with Crippen LogP contribution in [0.15, 0.2) is 54.6 Å². The molecule has 0 nitrogen and oxygen atoms in total. The summed E-state index contributed by atoms with van der Waals surface area (Å²) < 4.78 is 0. The lowest BCUT2D eigenvalue weighted by atomic mass is 9.88. The lowest BCUT2D eigenvalue weighted by Crippen LogP contribution is -1.96. The lowest BCUT2D eigenvalue weighted by Gasteiger charge is -2.17. The van der Waals surface area contributed by atoms with Crippen LogP contribution in [0.3, 0.4) is 0 Å². The molecule has 2 aromatic carbocycles. The van der Waals surface area contributed by atoms with Crippen LogP contribution in [0.4, 0.5) is 0 Å². The fourth-order valence-electron chi connectivity index (χ4n) is 2.60. The maximum Gasteiger partial charge on any atom is -0.00741 e. The Morgan fingerprint density at radius 2 is 1.74 bits per heavy atom. The second-order valence-electron chi connectivity index (χ2n) is 5.15. The van der Waals surface area contributed by atoms with Crippen LogP contribution in [0.1, 0.15) is 44.7 Å². The van der Waals surface area contributed by atoms with E-state index >= 15 is 0 Å². The highest BCUT2D eigenvalue weighted by atomic mass is 14.2.